The highest BCUT2D eigenvalue weighted by Crippen LogP contribution is 2.31. The molecule has 0 aliphatic carbocycles. The van der Waals surface area contributed by atoms with Crippen LogP contribution in [0.2, 0.25) is 0 Å². The molecular formula is C28H27N9. The molecule has 1 atom stereocenters. The van der Waals surface area contributed by atoms with Crippen LogP contribution in [-0.4, -0.2) is 57.9 Å². The molecule has 1 N–H and O–H groups in total. The number of para-hydroxylation sites is 1. The lowest BCUT2D eigenvalue weighted by Crippen LogP contribution is -2.36. The average Bonchev–Trinajstić information content (AvgIpc) is 3.67. The quantitative estimate of drug-likeness (QED) is 0.380. The van der Waals surface area contributed by atoms with Crippen molar-refractivity contribution in [3.63, 3.8) is 0 Å². The Morgan fingerprint density at radius 2 is 1.89 bits per heavy atom. The summed E-state index contributed by atoms with van der Waals surface area (Å²) in [4.78, 5) is 6.61. The summed E-state index contributed by atoms with van der Waals surface area (Å²) in [6, 6.07) is 19.0. The molecule has 1 unspecified atom stereocenters. The molecule has 6 aromatic rings. The molecule has 0 bridgehead atoms. The summed E-state index contributed by atoms with van der Waals surface area (Å²) in [7, 11) is 2.02. The zero-order chi connectivity index (χ0) is 24.8. The molecule has 4 aromatic heterocycles. The Labute approximate surface area is 213 Å². The van der Waals surface area contributed by atoms with Crippen LogP contribution in [0.5, 0.6) is 0 Å². The van der Waals surface area contributed by atoms with E-state index in [4.69, 9.17) is 5.10 Å². The Kier molecular flexibility index (Phi) is 5.28. The van der Waals surface area contributed by atoms with Crippen molar-refractivity contribution in [1.82, 2.24) is 44.9 Å². The van der Waals surface area contributed by atoms with Gasteiger partial charge in [0.15, 0.2) is 0 Å². The average molecular weight is 490 g/mol. The maximum absolute atomic E-state index is 4.80. The van der Waals surface area contributed by atoms with Crippen molar-refractivity contribution in [2.75, 3.05) is 13.1 Å². The van der Waals surface area contributed by atoms with Gasteiger partial charge in [-0.3, -0.25) is 19.7 Å². The van der Waals surface area contributed by atoms with Gasteiger partial charge in [0.05, 0.1) is 29.0 Å². The van der Waals surface area contributed by atoms with Gasteiger partial charge < -0.3 is 0 Å². The van der Waals surface area contributed by atoms with Crippen LogP contribution in [0.15, 0.2) is 73.2 Å². The number of likely N-dealkylation sites (tertiary alicyclic amines) is 1. The normalized spacial score (nSPS) is 16.6. The number of nitrogens with zero attached hydrogens (tertiary/aromatic N) is 8. The Morgan fingerprint density at radius 3 is 2.81 bits per heavy atom. The number of rotatable bonds is 5. The van der Waals surface area contributed by atoms with Crippen molar-refractivity contribution >= 4 is 21.8 Å². The van der Waals surface area contributed by atoms with Crippen molar-refractivity contribution in [1.29, 1.82) is 0 Å². The van der Waals surface area contributed by atoms with Gasteiger partial charge in [-0.25, -0.2) is 4.68 Å². The van der Waals surface area contributed by atoms with E-state index in [-0.39, 0.29) is 6.04 Å². The van der Waals surface area contributed by atoms with Crippen molar-refractivity contribution in [2.45, 2.75) is 25.4 Å². The Hall–Kier alpha value is -4.37. The largest absolute Gasteiger partial charge is 0.295 e. The minimum absolute atomic E-state index is 0.287. The molecule has 0 spiro atoms. The molecule has 184 valence electrons. The molecule has 9 heteroatoms. The lowest BCUT2D eigenvalue weighted by atomic mass is 10.0. The Bertz CT molecular complexity index is 1700. The van der Waals surface area contributed by atoms with Gasteiger partial charge in [-0.15, -0.1) is 5.10 Å². The van der Waals surface area contributed by atoms with Gasteiger partial charge >= 0.3 is 0 Å². The van der Waals surface area contributed by atoms with Crippen molar-refractivity contribution in [2.24, 2.45) is 7.05 Å². The van der Waals surface area contributed by atoms with E-state index < -0.39 is 0 Å². The number of hydrogen-bond acceptors (Lipinski definition) is 6. The number of aromatic amines is 1. The topological polar surface area (TPSA) is 93.3 Å². The summed E-state index contributed by atoms with van der Waals surface area (Å²) >= 11 is 0. The van der Waals surface area contributed by atoms with Crippen LogP contribution in [0, 0.1) is 0 Å². The molecule has 0 saturated carbocycles. The van der Waals surface area contributed by atoms with E-state index in [9.17, 15) is 0 Å². The van der Waals surface area contributed by atoms with Crippen molar-refractivity contribution in [3.05, 3.63) is 78.9 Å². The van der Waals surface area contributed by atoms with Gasteiger partial charge in [-0.2, -0.15) is 10.2 Å². The smallest absolute Gasteiger partial charge is 0.113 e. The highest BCUT2D eigenvalue weighted by atomic mass is 15.4. The van der Waals surface area contributed by atoms with Crippen LogP contribution in [0.25, 0.3) is 44.3 Å². The zero-order valence-electron chi connectivity index (χ0n) is 20.6. The number of aryl methyl sites for hydroxylation is 1. The molecule has 1 saturated heterocycles. The fourth-order valence-electron chi connectivity index (χ4n) is 5.50. The van der Waals surface area contributed by atoms with E-state index >= 15 is 0 Å². The highest BCUT2D eigenvalue weighted by Gasteiger charge is 2.24. The van der Waals surface area contributed by atoms with E-state index in [2.05, 4.69) is 79.1 Å². The molecule has 0 amide bonds. The lowest BCUT2D eigenvalue weighted by Gasteiger charge is -2.32. The molecule has 9 nitrogen and oxygen atoms in total. The summed E-state index contributed by atoms with van der Waals surface area (Å²) in [6.45, 7) is 2.84. The van der Waals surface area contributed by atoms with Crippen molar-refractivity contribution in [3.8, 4) is 22.5 Å². The lowest BCUT2D eigenvalue weighted by molar-refractivity contribution is 0.160. The molecule has 7 rings (SSSR count). The van der Waals surface area contributed by atoms with Gasteiger partial charge in [-0.1, -0.05) is 29.5 Å². The number of H-pyrrole nitrogens is 1. The number of nitrogens with one attached hydrogen (secondary N) is 1. The second kappa shape index (κ2) is 8.94. The van der Waals surface area contributed by atoms with Crippen LogP contribution in [-0.2, 0) is 13.6 Å². The van der Waals surface area contributed by atoms with Crippen LogP contribution < -0.4 is 0 Å². The second-order valence-electron chi connectivity index (χ2n) is 9.77. The first-order valence-electron chi connectivity index (χ1n) is 12.7. The first-order valence-corrected chi connectivity index (χ1v) is 12.7. The predicted octanol–water partition coefficient (Wildman–Crippen LogP) is 4.61. The van der Waals surface area contributed by atoms with E-state index in [1.807, 2.05) is 28.5 Å². The number of hydrogen-bond donors (Lipinski definition) is 1. The first kappa shape index (κ1) is 21.9. The number of pyridine rings is 1. The first-order chi connectivity index (χ1) is 18.2. The SMILES string of the molecule is Cn1nc(CN2CCCC(n3cc(-c4ccc5[nH]nc(-c6ccncc6)c5c4)nn3)C2)c2ccccc21. The summed E-state index contributed by atoms with van der Waals surface area (Å²) in [5.74, 6) is 0. The molecule has 0 radical (unpaired) electrons. The third-order valence-electron chi connectivity index (χ3n) is 7.39. The Morgan fingerprint density at radius 1 is 1.00 bits per heavy atom. The summed E-state index contributed by atoms with van der Waals surface area (Å²) in [6.07, 6.45) is 7.87. The number of piperidine rings is 1. The molecule has 1 aliphatic heterocycles. The molecule has 1 aliphatic rings. The van der Waals surface area contributed by atoms with Gasteiger partial charge in [0.25, 0.3) is 0 Å². The molecule has 37 heavy (non-hydrogen) atoms. The minimum Gasteiger partial charge on any atom is -0.295 e. The Balaban J connectivity index is 1.12. The van der Waals surface area contributed by atoms with Gasteiger partial charge in [0, 0.05) is 54.4 Å². The maximum atomic E-state index is 4.80. The number of aromatic nitrogens is 8. The highest BCUT2D eigenvalue weighted by molar-refractivity contribution is 5.95. The van der Waals surface area contributed by atoms with Crippen LogP contribution in [0.4, 0.5) is 0 Å². The van der Waals surface area contributed by atoms with E-state index in [1.165, 1.54) is 10.9 Å². The summed E-state index contributed by atoms with van der Waals surface area (Å²) in [5.41, 5.74) is 7.15. The fourth-order valence-corrected chi connectivity index (χ4v) is 5.50. The molecular weight excluding hydrogens is 462 g/mol. The minimum atomic E-state index is 0.287. The third kappa shape index (κ3) is 3.97. The standard InChI is InChI=1S/C28H27N9/c1-35-27-7-3-2-6-22(27)26(33-35)17-36-14-4-5-21(16-36)37-18-25(31-34-37)20-8-9-24-23(15-20)28(32-30-24)19-10-12-29-13-11-19/h2-3,6-13,15,18,21H,4-5,14,16-17H2,1H3,(H,30,32). The van der Waals surface area contributed by atoms with E-state index in [1.54, 1.807) is 12.4 Å². The second-order valence-corrected chi connectivity index (χ2v) is 9.77. The van der Waals surface area contributed by atoms with Crippen molar-refractivity contribution < 1.29 is 0 Å². The van der Waals surface area contributed by atoms with E-state index in [0.717, 1.165) is 71.6 Å². The predicted molar refractivity (Wildman–Crippen MR) is 143 cm³/mol. The monoisotopic (exact) mass is 489 g/mol. The molecule has 2 aromatic carbocycles. The molecule has 1 fully saturated rings. The third-order valence-corrected chi connectivity index (χ3v) is 7.39. The number of fused-ring (bicyclic) bond motifs is 2. The van der Waals surface area contributed by atoms with Gasteiger partial charge in [-0.05, 0) is 49.7 Å². The zero-order valence-corrected chi connectivity index (χ0v) is 20.6. The van der Waals surface area contributed by atoms with Gasteiger partial charge in [0.1, 0.15) is 11.4 Å². The van der Waals surface area contributed by atoms with Crippen LogP contribution >= 0.6 is 0 Å². The van der Waals surface area contributed by atoms with Gasteiger partial charge in [0.2, 0.25) is 0 Å². The summed E-state index contributed by atoms with van der Waals surface area (Å²) < 4.78 is 4.02. The number of benzene rings is 2. The van der Waals surface area contributed by atoms with E-state index in [0.29, 0.717) is 0 Å². The molecule has 5 heterocycles. The summed E-state index contributed by atoms with van der Waals surface area (Å²) in [5, 5.41) is 23.9. The maximum Gasteiger partial charge on any atom is 0.113 e. The fraction of sp³-hybridized carbons (Fsp3) is 0.250. The van der Waals surface area contributed by atoms with Crippen LogP contribution in [0.3, 0.4) is 0 Å². The van der Waals surface area contributed by atoms with Crippen LogP contribution in [0.1, 0.15) is 24.6 Å².